The van der Waals surface area contributed by atoms with Gasteiger partial charge in [0.25, 0.3) is 0 Å². The second-order valence-corrected chi connectivity index (χ2v) is 3.59. The van der Waals surface area contributed by atoms with Crippen LogP contribution in [0.1, 0.15) is 17.9 Å². The van der Waals surface area contributed by atoms with Gasteiger partial charge in [0.15, 0.2) is 11.6 Å². The third kappa shape index (κ3) is 1.31. The Kier molecular flexibility index (Phi) is 1.80. The molecule has 0 amide bonds. The maximum absolute atomic E-state index is 12.7. The normalized spacial score (nSPS) is 27.2. The van der Waals surface area contributed by atoms with E-state index in [0.717, 1.165) is 18.1 Å². The molecule has 0 spiro atoms. The van der Waals surface area contributed by atoms with Crippen LogP contribution in [0.2, 0.25) is 0 Å². The largest absolute Gasteiger partial charge is 0.204 e. The molecule has 3 heteroatoms. The summed E-state index contributed by atoms with van der Waals surface area (Å²) in [7, 11) is 0. The molecule has 2 rings (SSSR count). The number of halogens is 3. The number of alkyl halides is 1. The topological polar surface area (TPSA) is 0 Å². The second kappa shape index (κ2) is 2.70. The van der Waals surface area contributed by atoms with E-state index in [1.807, 2.05) is 0 Å². The van der Waals surface area contributed by atoms with Crippen molar-refractivity contribution in [3.63, 3.8) is 0 Å². The van der Waals surface area contributed by atoms with Gasteiger partial charge in [0.2, 0.25) is 0 Å². The first kappa shape index (κ1) is 7.99. The lowest BCUT2D eigenvalue weighted by Crippen LogP contribution is -1.88. The minimum absolute atomic E-state index is 0.106. The minimum Gasteiger partial charge on any atom is -0.204 e. The van der Waals surface area contributed by atoms with Crippen molar-refractivity contribution in [3.8, 4) is 0 Å². The molecule has 0 aromatic heterocycles. The van der Waals surface area contributed by atoms with Gasteiger partial charge < -0.3 is 0 Å². The van der Waals surface area contributed by atoms with E-state index in [9.17, 15) is 8.78 Å². The highest BCUT2D eigenvalue weighted by atomic mass is 35.5. The van der Waals surface area contributed by atoms with Crippen LogP contribution in [0.3, 0.4) is 0 Å². The third-order valence-electron chi connectivity index (χ3n) is 2.08. The predicted octanol–water partition coefficient (Wildman–Crippen LogP) is 3.06. The van der Waals surface area contributed by atoms with Crippen LogP contribution in [-0.2, 0) is 0 Å². The van der Waals surface area contributed by atoms with Crippen LogP contribution in [-0.4, -0.2) is 5.38 Å². The molecular formula is C9H7ClF2. The van der Waals surface area contributed by atoms with Gasteiger partial charge in [-0.1, -0.05) is 6.07 Å². The lowest BCUT2D eigenvalue weighted by atomic mass is 10.1. The van der Waals surface area contributed by atoms with Crippen LogP contribution in [0, 0.1) is 11.6 Å². The van der Waals surface area contributed by atoms with Crippen molar-refractivity contribution >= 4 is 11.6 Å². The number of rotatable bonds is 1. The van der Waals surface area contributed by atoms with Crippen LogP contribution < -0.4 is 0 Å². The van der Waals surface area contributed by atoms with E-state index in [2.05, 4.69) is 0 Å². The maximum Gasteiger partial charge on any atom is 0.159 e. The van der Waals surface area contributed by atoms with Crippen LogP contribution in [0.4, 0.5) is 8.78 Å². The molecule has 1 aromatic carbocycles. The highest BCUT2D eigenvalue weighted by molar-refractivity contribution is 6.23. The molecule has 0 saturated heterocycles. The van der Waals surface area contributed by atoms with Gasteiger partial charge in [-0.3, -0.25) is 0 Å². The summed E-state index contributed by atoms with van der Waals surface area (Å²) >= 11 is 5.76. The van der Waals surface area contributed by atoms with E-state index in [0.29, 0.717) is 0 Å². The van der Waals surface area contributed by atoms with Gasteiger partial charge >= 0.3 is 0 Å². The molecule has 1 saturated carbocycles. The van der Waals surface area contributed by atoms with Crippen molar-refractivity contribution in [3.05, 3.63) is 35.4 Å². The number of hydrogen-bond donors (Lipinski definition) is 0. The molecule has 0 nitrogen and oxygen atoms in total. The lowest BCUT2D eigenvalue weighted by Gasteiger charge is -1.98. The molecule has 0 aliphatic heterocycles. The molecule has 1 fully saturated rings. The molecule has 0 radical (unpaired) electrons. The van der Waals surface area contributed by atoms with Gasteiger partial charge in [-0.25, -0.2) is 8.78 Å². The van der Waals surface area contributed by atoms with Gasteiger partial charge in [-0.2, -0.15) is 0 Å². The second-order valence-electron chi connectivity index (χ2n) is 3.03. The maximum atomic E-state index is 12.7. The highest BCUT2D eigenvalue weighted by Crippen LogP contribution is 2.45. The Morgan fingerprint density at radius 2 is 1.92 bits per heavy atom. The molecule has 64 valence electrons. The van der Waals surface area contributed by atoms with Gasteiger partial charge in [-0.15, -0.1) is 11.6 Å². The predicted molar refractivity (Wildman–Crippen MR) is 43.4 cm³/mol. The summed E-state index contributed by atoms with van der Waals surface area (Å²) in [6.45, 7) is 0. The molecule has 0 bridgehead atoms. The summed E-state index contributed by atoms with van der Waals surface area (Å²) in [6.07, 6.45) is 0.868. The Morgan fingerprint density at radius 1 is 1.25 bits per heavy atom. The summed E-state index contributed by atoms with van der Waals surface area (Å²) in [5.74, 6) is -1.37. The van der Waals surface area contributed by atoms with Crippen LogP contribution in [0.25, 0.3) is 0 Å². The van der Waals surface area contributed by atoms with Crippen molar-refractivity contribution in [2.24, 2.45) is 0 Å². The molecular weight excluding hydrogens is 182 g/mol. The van der Waals surface area contributed by atoms with E-state index < -0.39 is 11.6 Å². The van der Waals surface area contributed by atoms with Crippen molar-refractivity contribution in [2.75, 3.05) is 0 Å². The SMILES string of the molecule is Fc1ccc(C2CC2Cl)cc1F. The van der Waals surface area contributed by atoms with Crippen molar-refractivity contribution in [1.82, 2.24) is 0 Å². The van der Waals surface area contributed by atoms with Gasteiger partial charge in [0.1, 0.15) is 0 Å². The fourth-order valence-electron chi connectivity index (χ4n) is 1.25. The molecule has 1 aromatic rings. The molecule has 2 unspecified atom stereocenters. The van der Waals surface area contributed by atoms with Crippen molar-refractivity contribution in [2.45, 2.75) is 17.7 Å². The first-order valence-corrected chi connectivity index (χ1v) is 4.21. The summed E-state index contributed by atoms with van der Waals surface area (Å²) in [4.78, 5) is 0. The zero-order chi connectivity index (χ0) is 8.72. The van der Waals surface area contributed by atoms with E-state index in [4.69, 9.17) is 11.6 Å². The summed E-state index contributed by atoms with van der Waals surface area (Å²) in [5.41, 5.74) is 0.800. The van der Waals surface area contributed by atoms with E-state index in [1.165, 1.54) is 6.07 Å². The average molecular weight is 189 g/mol. The van der Waals surface area contributed by atoms with Crippen LogP contribution in [0.15, 0.2) is 18.2 Å². The smallest absolute Gasteiger partial charge is 0.159 e. The Hall–Kier alpha value is -0.630. The Labute approximate surface area is 74.2 Å². The Morgan fingerprint density at radius 3 is 2.42 bits per heavy atom. The Balaban J connectivity index is 2.29. The minimum atomic E-state index is -0.800. The molecule has 2 atom stereocenters. The molecule has 0 N–H and O–H groups in total. The standard InChI is InChI=1S/C9H7ClF2/c10-7-4-6(7)5-1-2-8(11)9(12)3-5/h1-3,6-7H,4H2. The van der Waals surface area contributed by atoms with Crippen molar-refractivity contribution < 1.29 is 8.78 Å². The molecule has 1 aliphatic rings. The van der Waals surface area contributed by atoms with E-state index in [1.54, 1.807) is 6.07 Å². The third-order valence-corrected chi connectivity index (χ3v) is 2.57. The van der Waals surface area contributed by atoms with Crippen molar-refractivity contribution in [1.29, 1.82) is 0 Å². The fourth-order valence-corrected chi connectivity index (χ4v) is 1.59. The quantitative estimate of drug-likeness (QED) is 0.595. The molecule has 1 aliphatic carbocycles. The summed E-state index contributed by atoms with van der Waals surface area (Å²) in [6, 6.07) is 3.96. The molecule has 12 heavy (non-hydrogen) atoms. The van der Waals surface area contributed by atoms with Crippen LogP contribution in [0.5, 0.6) is 0 Å². The van der Waals surface area contributed by atoms with Gasteiger partial charge in [-0.05, 0) is 24.1 Å². The number of hydrogen-bond acceptors (Lipinski definition) is 0. The number of benzene rings is 1. The fraction of sp³-hybridized carbons (Fsp3) is 0.333. The lowest BCUT2D eigenvalue weighted by molar-refractivity contribution is 0.507. The highest BCUT2D eigenvalue weighted by Gasteiger charge is 2.36. The first-order valence-electron chi connectivity index (χ1n) is 3.77. The Bertz CT molecular complexity index is 311. The summed E-state index contributed by atoms with van der Waals surface area (Å²) < 4.78 is 25.1. The monoisotopic (exact) mass is 188 g/mol. The average Bonchev–Trinajstić information content (AvgIpc) is 2.73. The zero-order valence-electron chi connectivity index (χ0n) is 6.23. The van der Waals surface area contributed by atoms with Crippen LogP contribution >= 0.6 is 11.6 Å². The zero-order valence-corrected chi connectivity index (χ0v) is 6.98. The first-order chi connectivity index (χ1) is 5.68. The molecule has 0 heterocycles. The van der Waals surface area contributed by atoms with Gasteiger partial charge in [0.05, 0.1) is 0 Å². The van der Waals surface area contributed by atoms with E-state index >= 15 is 0 Å². The van der Waals surface area contributed by atoms with E-state index in [-0.39, 0.29) is 11.3 Å². The summed E-state index contributed by atoms with van der Waals surface area (Å²) in [5, 5.41) is 0.106. The van der Waals surface area contributed by atoms with Gasteiger partial charge in [0, 0.05) is 11.3 Å².